The van der Waals surface area contributed by atoms with Crippen molar-refractivity contribution in [2.75, 3.05) is 0 Å². The Labute approximate surface area is 130 Å². The van der Waals surface area contributed by atoms with Gasteiger partial charge in [0.05, 0.1) is 12.1 Å². The minimum Gasteiger partial charge on any atom is -0.196 e. The lowest BCUT2D eigenvalue weighted by atomic mass is 9.94. The molecule has 0 aromatic heterocycles. The summed E-state index contributed by atoms with van der Waals surface area (Å²) < 4.78 is 0. The molecular formula is C18H18N4. The van der Waals surface area contributed by atoms with E-state index in [1.807, 2.05) is 30.3 Å². The van der Waals surface area contributed by atoms with Crippen molar-refractivity contribution in [3.05, 3.63) is 48.0 Å². The molecule has 1 unspecified atom stereocenters. The lowest BCUT2D eigenvalue weighted by Gasteiger charge is -2.17. The van der Waals surface area contributed by atoms with Gasteiger partial charge in [-0.15, -0.1) is 0 Å². The van der Waals surface area contributed by atoms with E-state index in [4.69, 9.17) is 5.26 Å². The summed E-state index contributed by atoms with van der Waals surface area (Å²) in [6, 6.07) is 18.5. The van der Waals surface area contributed by atoms with E-state index in [9.17, 15) is 5.26 Å². The average molecular weight is 290 g/mol. The van der Waals surface area contributed by atoms with E-state index in [1.54, 1.807) is 20.8 Å². The van der Waals surface area contributed by atoms with Gasteiger partial charge in [-0.1, -0.05) is 42.5 Å². The third-order valence-corrected chi connectivity index (χ3v) is 3.40. The number of hydrogen-bond donors (Lipinski definition) is 0. The van der Waals surface area contributed by atoms with Gasteiger partial charge >= 0.3 is 0 Å². The molecule has 0 spiro atoms. The zero-order valence-corrected chi connectivity index (χ0v) is 13.0. The molecule has 0 bridgehead atoms. The Morgan fingerprint density at radius 3 is 2.23 bits per heavy atom. The minimum absolute atomic E-state index is 0.458. The molecule has 2 aromatic rings. The van der Waals surface area contributed by atoms with Crippen molar-refractivity contribution in [3.8, 4) is 12.1 Å². The second-order valence-electron chi connectivity index (χ2n) is 6.11. The van der Waals surface area contributed by atoms with E-state index < -0.39 is 11.1 Å². The third kappa shape index (κ3) is 3.68. The van der Waals surface area contributed by atoms with Crippen LogP contribution in [0.25, 0.3) is 10.8 Å². The van der Waals surface area contributed by atoms with Gasteiger partial charge < -0.3 is 0 Å². The normalized spacial score (nSPS) is 14.4. The summed E-state index contributed by atoms with van der Waals surface area (Å²) >= 11 is 0. The largest absolute Gasteiger partial charge is 0.196 e. The molecule has 4 heteroatoms. The zero-order chi connectivity index (χ0) is 16.2. The van der Waals surface area contributed by atoms with Gasteiger partial charge in [0, 0.05) is 6.42 Å². The smallest absolute Gasteiger partial charge is 0.168 e. The maximum atomic E-state index is 9.44. The SMILES string of the molecule is CC(C)(C#N)/N=N/C(C)(C#N)Cc1ccc2ccccc2c1. The fourth-order valence-corrected chi connectivity index (χ4v) is 2.10. The van der Waals surface area contributed by atoms with Crippen LogP contribution in [-0.4, -0.2) is 11.1 Å². The average Bonchev–Trinajstić information content (AvgIpc) is 2.53. The molecule has 0 aliphatic carbocycles. The molecule has 0 saturated heterocycles. The number of hydrogen-bond acceptors (Lipinski definition) is 4. The Morgan fingerprint density at radius 1 is 0.909 bits per heavy atom. The van der Waals surface area contributed by atoms with Crippen LogP contribution in [0.5, 0.6) is 0 Å². The summed E-state index contributed by atoms with van der Waals surface area (Å²) in [7, 11) is 0. The van der Waals surface area contributed by atoms with E-state index in [1.165, 1.54) is 0 Å². The number of fused-ring (bicyclic) bond motifs is 1. The van der Waals surface area contributed by atoms with Crippen molar-refractivity contribution in [2.24, 2.45) is 10.2 Å². The monoisotopic (exact) mass is 290 g/mol. The molecule has 1 atom stereocenters. The highest BCUT2D eigenvalue weighted by molar-refractivity contribution is 5.83. The summed E-state index contributed by atoms with van der Waals surface area (Å²) in [4.78, 5) is 0. The van der Waals surface area contributed by atoms with Crippen LogP contribution in [0.4, 0.5) is 0 Å². The van der Waals surface area contributed by atoms with E-state index >= 15 is 0 Å². The number of nitriles is 2. The van der Waals surface area contributed by atoms with Crippen molar-refractivity contribution < 1.29 is 0 Å². The van der Waals surface area contributed by atoms with Gasteiger partial charge in [0.2, 0.25) is 0 Å². The van der Waals surface area contributed by atoms with Crippen molar-refractivity contribution in [1.29, 1.82) is 10.5 Å². The summed E-state index contributed by atoms with van der Waals surface area (Å²) in [5.74, 6) is 0. The first kappa shape index (κ1) is 15.7. The highest BCUT2D eigenvalue weighted by atomic mass is 15.2. The number of rotatable bonds is 4. The van der Waals surface area contributed by atoms with Crippen LogP contribution in [0.15, 0.2) is 52.7 Å². The summed E-state index contributed by atoms with van der Waals surface area (Å²) in [5.41, 5.74) is -0.866. The first-order valence-electron chi connectivity index (χ1n) is 7.12. The van der Waals surface area contributed by atoms with Crippen LogP contribution >= 0.6 is 0 Å². The molecule has 0 amide bonds. The first-order chi connectivity index (χ1) is 10.4. The van der Waals surface area contributed by atoms with Gasteiger partial charge in [-0.05, 0) is 37.1 Å². The summed E-state index contributed by atoms with van der Waals surface area (Å²) in [5, 5.41) is 28.9. The number of nitrogens with zero attached hydrogens (tertiary/aromatic N) is 4. The highest BCUT2D eigenvalue weighted by Gasteiger charge is 2.26. The molecule has 110 valence electrons. The van der Waals surface area contributed by atoms with Gasteiger partial charge in [-0.25, -0.2) is 0 Å². The molecule has 0 heterocycles. The molecule has 2 aromatic carbocycles. The Bertz CT molecular complexity index is 793. The van der Waals surface area contributed by atoms with Gasteiger partial charge in [-0.3, -0.25) is 0 Å². The van der Waals surface area contributed by atoms with Crippen LogP contribution in [-0.2, 0) is 6.42 Å². The van der Waals surface area contributed by atoms with Crippen LogP contribution in [0.2, 0.25) is 0 Å². The maximum Gasteiger partial charge on any atom is 0.168 e. The third-order valence-electron chi connectivity index (χ3n) is 3.40. The molecule has 2 rings (SSSR count). The van der Waals surface area contributed by atoms with Crippen molar-refractivity contribution in [1.82, 2.24) is 0 Å². The van der Waals surface area contributed by atoms with Crippen LogP contribution in [0, 0.1) is 22.7 Å². The molecule has 0 saturated carbocycles. The van der Waals surface area contributed by atoms with Gasteiger partial charge in [-0.2, -0.15) is 20.8 Å². The molecule has 0 aliphatic heterocycles. The van der Waals surface area contributed by atoms with Gasteiger partial charge in [0.25, 0.3) is 0 Å². The summed E-state index contributed by atoms with van der Waals surface area (Å²) in [6.45, 7) is 5.08. The molecule has 4 nitrogen and oxygen atoms in total. The Hall–Kier alpha value is -2.72. The topological polar surface area (TPSA) is 72.3 Å². The predicted octanol–water partition coefficient (Wildman–Crippen LogP) is 4.42. The Kier molecular flexibility index (Phi) is 4.24. The van der Waals surface area contributed by atoms with E-state index in [0.717, 1.165) is 16.3 Å². The summed E-state index contributed by atoms with van der Waals surface area (Å²) in [6.07, 6.45) is 0.458. The molecule has 0 aliphatic rings. The lowest BCUT2D eigenvalue weighted by Crippen LogP contribution is -2.24. The molecule has 0 N–H and O–H groups in total. The predicted molar refractivity (Wildman–Crippen MR) is 86.2 cm³/mol. The molecule has 22 heavy (non-hydrogen) atoms. The van der Waals surface area contributed by atoms with Crippen LogP contribution < -0.4 is 0 Å². The van der Waals surface area contributed by atoms with Crippen LogP contribution in [0.1, 0.15) is 26.3 Å². The fraction of sp³-hybridized carbons (Fsp3) is 0.333. The minimum atomic E-state index is -0.976. The fourth-order valence-electron chi connectivity index (χ4n) is 2.10. The van der Waals surface area contributed by atoms with Crippen LogP contribution in [0.3, 0.4) is 0 Å². The maximum absolute atomic E-state index is 9.44. The first-order valence-corrected chi connectivity index (χ1v) is 7.12. The van der Waals surface area contributed by atoms with E-state index in [-0.39, 0.29) is 0 Å². The second-order valence-corrected chi connectivity index (χ2v) is 6.11. The van der Waals surface area contributed by atoms with Gasteiger partial charge in [0.1, 0.15) is 0 Å². The Balaban J connectivity index is 2.28. The molecule has 0 fully saturated rings. The standard InChI is InChI=1S/C18H18N4/c1-17(2,12-19)21-22-18(3,13-20)11-14-8-9-15-6-4-5-7-16(15)10-14/h4-10H,11H2,1-3H3/b22-21+. The number of azo groups is 1. The number of benzene rings is 2. The van der Waals surface area contributed by atoms with E-state index in [2.05, 4.69) is 34.5 Å². The van der Waals surface area contributed by atoms with Crippen molar-refractivity contribution in [2.45, 2.75) is 38.3 Å². The molecule has 0 radical (unpaired) electrons. The zero-order valence-electron chi connectivity index (χ0n) is 13.0. The Morgan fingerprint density at radius 2 is 1.59 bits per heavy atom. The highest BCUT2D eigenvalue weighted by Crippen LogP contribution is 2.23. The lowest BCUT2D eigenvalue weighted by molar-refractivity contribution is 0.509. The van der Waals surface area contributed by atoms with Crippen molar-refractivity contribution in [3.63, 3.8) is 0 Å². The quantitative estimate of drug-likeness (QED) is 0.782. The van der Waals surface area contributed by atoms with Crippen molar-refractivity contribution >= 4 is 10.8 Å². The van der Waals surface area contributed by atoms with E-state index in [0.29, 0.717) is 6.42 Å². The van der Waals surface area contributed by atoms with Gasteiger partial charge in [0.15, 0.2) is 11.1 Å². The molecular weight excluding hydrogens is 272 g/mol. The second kappa shape index (κ2) is 5.95.